The van der Waals surface area contributed by atoms with E-state index in [2.05, 4.69) is 12.2 Å². The van der Waals surface area contributed by atoms with Crippen molar-refractivity contribution in [3.05, 3.63) is 34.6 Å². The van der Waals surface area contributed by atoms with Crippen molar-refractivity contribution < 1.29 is 9.13 Å². The lowest BCUT2D eigenvalue weighted by Gasteiger charge is -2.12. The molecule has 0 spiro atoms. The van der Waals surface area contributed by atoms with Crippen molar-refractivity contribution in [1.82, 2.24) is 5.32 Å². The Labute approximate surface area is 113 Å². The van der Waals surface area contributed by atoms with Gasteiger partial charge in [0.15, 0.2) is 0 Å². The van der Waals surface area contributed by atoms with Gasteiger partial charge in [0.2, 0.25) is 0 Å². The second-order valence-corrected chi connectivity index (χ2v) is 5.01. The van der Waals surface area contributed by atoms with Gasteiger partial charge in [-0.2, -0.15) is 0 Å². The number of benzene rings is 1. The standard InChI is InChI=1S/C14H21ClFNO/c1-11(10-17-7-8-18-2)3-4-12-9-13(15)5-6-14(12)16/h5-6,9,11,17H,3-4,7-8,10H2,1-2H3. The van der Waals surface area contributed by atoms with Crippen molar-refractivity contribution in [2.24, 2.45) is 5.92 Å². The van der Waals surface area contributed by atoms with Crippen molar-refractivity contribution in [3.63, 3.8) is 0 Å². The van der Waals surface area contributed by atoms with Crippen molar-refractivity contribution in [2.45, 2.75) is 19.8 Å². The number of aryl methyl sites for hydroxylation is 1. The zero-order valence-corrected chi connectivity index (χ0v) is 11.8. The first-order valence-corrected chi connectivity index (χ1v) is 6.65. The van der Waals surface area contributed by atoms with Gasteiger partial charge in [-0.25, -0.2) is 4.39 Å². The molecule has 1 aromatic rings. The van der Waals surface area contributed by atoms with Crippen LogP contribution >= 0.6 is 11.6 Å². The van der Waals surface area contributed by atoms with Gasteiger partial charge in [0.25, 0.3) is 0 Å². The molecule has 0 radical (unpaired) electrons. The quantitative estimate of drug-likeness (QED) is 0.734. The Hall–Kier alpha value is -0.640. The third-order valence-electron chi connectivity index (χ3n) is 2.89. The maximum absolute atomic E-state index is 13.5. The van der Waals surface area contributed by atoms with Crippen LogP contribution in [0.15, 0.2) is 18.2 Å². The summed E-state index contributed by atoms with van der Waals surface area (Å²) in [5, 5.41) is 3.90. The van der Waals surface area contributed by atoms with Crippen molar-refractivity contribution in [2.75, 3.05) is 26.8 Å². The highest BCUT2D eigenvalue weighted by Crippen LogP contribution is 2.17. The fourth-order valence-corrected chi connectivity index (χ4v) is 1.96. The summed E-state index contributed by atoms with van der Waals surface area (Å²) in [5.74, 6) is 0.333. The average Bonchev–Trinajstić information content (AvgIpc) is 2.36. The first-order chi connectivity index (χ1) is 8.63. The van der Waals surface area contributed by atoms with Crippen LogP contribution < -0.4 is 5.32 Å². The predicted molar refractivity (Wildman–Crippen MR) is 73.6 cm³/mol. The van der Waals surface area contributed by atoms with Crippen LogP contribution in [0, 0.1) is 11.7 Å². The highest BCUT2D eigenvalue weighted by Gasteiger charge is 2.06. The lowest BCUT2D eigenvalue weighted by atomic mass is 10.0. The van der Waals surface area contributed by atoms with Gasteiger partial charge in [-0.05, 0) is 49.1 Å². The summed E-state index contributed by atoms with van der Waals surface area (Å²) in [6.07, 6.45) is 1.66. The molecule has 18 heavy (non-hydrogen) atoms. The molecule has 102 valence electrons. The molecule has 2 nitrogen and oxygen atoms in total. The summed E-state index contributed by atoms with van der Waals surface area (Å²) in [4.78, 5) is 0. The van der Waals surface area contributed by atoms with Crippen LogP contribution in [-0.4, -0.2) is 26.8 Å². The third kappa shape index (κ3) is 5.80. The lowest BCUT2D eigenvalue weighted by Crippen LogP contribution is -2.25. The van der Waals surface area contributed by atoms with Gasteiger partial charge in [0.1, 0.15) is 5.82 Å². The zero-order chi connectivity index (χ0) is 13.4. The fraction of sp³-hybridized carbons (Fsp3) is 0.571. The highest BCUT2D eigenvalue weighted by molar-refractivity contribution is 6.30. The summed E-state index contributed by atoms with van der Waals surface area (Å²) in [5.41, 5.74) is 0.700. The van der Waals surface area contributed by atoms with E-state index in [0.29, 0.717) is 16.5 Å². The number of nitrogens with one attached hydrogen (secondary N) is 1. The van der Waals surface area contributed by atoms with Crippen LogP contribution in [0.5, 0.6) is 0 Å². The molecule has 1 unspecified atom stereocenters. The Morgan fingerprint density at radius 1 is 1.44 bits per heavy atom. The van der Waals surface area contributed by atoms with Crippen LogP contribution in [0.2, 0.25) is 5.02 Å². The lowest BCUT2D eigenvalue weighted by molar-refractivity contribution is 0.198. The summed E-state index contributed by atoms with van der Waals surface area (Å²) >= 11 is 5.86. The van der Waals surface area contributed by atoms with E-state index in [1.807, 2.05) is 0 Å². The van der Waals surface area contributed by atoms with Crippen molar-refractivity contribution >= 4 is 11.6 Å². The largest absolute Gasteiger partial charge is 0.383 e. The summed E-state index contributed by atoms with van der Waals surface area (Å²) in [6.45, 7) is 4.65. The summed E-state index contributed by atoms with van der Waals surface area (Å²) < 4.78 is 18.4. The van der Waals surface area contributed by atoms with E-state index in [-0.39, 0.29) is 5.82 Å². The van der Waals surface area contributed by atoms with Gasteiger partial charge in [0.05, 0.1) is 6.61 Å². The summed E-state index contributed by atoms with van der Waals surface area (Å²) in [6, 6.07) is 4.72. The normalized spacial score (nSPS) is 12.7. The Morgan fingerprint density at radius 3 is 2.94 bits per heavy atom. The molecular formula is C14H21ClFNO. The minimum absolute atomic E-state index is 0.168. The van der Waals surface area contributed by atoms with Gasteiger partial charge in [-0.3, -0.25) is 0 Å². The van der Waals surface area contributed by atoms with Crippen molar-refractivity contribution in [3.8, 4) is 0 Å². The Bertz CT molecular complexity index is 360. The molecule has 0 fully saturated rings. The molecule has 0 aliphatic rings. The van der Waals surface area contributed by atoms with Crippen molar-refractivity contribution in [1.29, 1.82) is 0 Å². The number of rotatable bonds is 8. The summed E-state index contributed by atoms with van der Waals surface area (Å²) in [7, 11) is 1.69. The van der Waals surface area contributed by atoms with Crippen LogP contribution in [0.25, 0.3) is 0 Å². The molecule has 0 bridgehead atoms. The van der Waals surface area contributed by atoms with Crippen LogP contribution in [0.3, 0.4) is 0 Å². The molecule has 0 aliphatic heterocycles. The molecule has 4 heteroatoms. The number of methoxy groups -OCH3 is 1. The van der Waals surface area contributed by atoms with Gasteiger partial charge >= 0.3 is 0 Å². The number of hydrogen-bond acceptors (Lipinski definition) is 2. The minimum Gasteiger partial charge on any atom is -0.383 e. The van der Waals surface area contributed by atoms with Gasteiger partial charge < -0.3 is 10.1 Å². The van der Waals surface area contributed by atoms with E-state index < -0.39 is 0 Å². The molecule has 0 saturated heterocycles. The molecule has 1 N–H and O–H groups in total. The smallest absolute Gasteiger partial charge is 0.126 e. The third-order valence-corrected chi connectivity index (χ3v) is 3.13. The first-order valence-electron chi connectivity index (χ1n) is 6.27. The highest BCUT2D eigenvalue weighted by atomic mass is 35.5. The number of hydrogen-bond donors (Lipinski definition) is 1. The van der Waals surface area contributed by atoms with Gasteiger partial charge in [-0.15, -0.1) is 0 Å². The molecule has 1 rings (SSSR count). The van der Waals surface area contributed by atoms with Gasteiger partial charge in [-0.1, -0.05) is 18.5 Å². The molecule has 0 aromatic heterocycles. The maximum atomic E-state index is 13.5. The van der Waals surface area contributed by atoms with E-state index in [0.717, 1.165) is 32.5 Å². The van der Waals surface area contributed by atoms with E-state index in [4.69, 9.17) is 16.3 Å². The maximum Gasteiger partial charge on any atom is 0.126 e. The second kappa shape index (κ2) is 8.46. The SMILES string of the molecule is COCCNCC(C)CCc1cc(Cl)ccc1F. The van der Waals surface area contributed by atoms with E-state index in [9.17, 15) is 4.39 Å². The molecule has 1 atom stereocenters. The van der Waals surface area contributed by atoms with E-state index in [1.165, 1.54) is 6.07 Å². The number of ether oxygens (including phenoxy) is 1. The van der Waals surface area contributed by atoms with Crippen LogP contribution in [0.1, 0.15) is 18.9 Å². The Kier molecular flexibility index (Phi) is 7.25. The first kappa shape index (κ1) is 15.4. The molecule has 0 saturated carbocycles. The molecular weight excluding hydrogens is 253 g/mol. The average molecular weight is 274 g/mol. The van der Waals surface area contributed by atoms with Gasteiger partial charge in [0, 0.05) is 18.7 Å². The minimum atomic E-state index is -0.168. The fourth-order valence-electron chi connectivity index (χ4n) is 1.76. The predicted octanol–water partition coefficient (Wildman–Crippen LogP) is 3.28. The van der Waals surface area contributed by atoms with E-state index in [1.54, 1.807) is 19.2 Å². The molecule has 0 aliphatic carbocycles. The number of halogens is 2. The monoisotopic (exact) mass is 273 g/mol. The molecule has 0 amide bonds. The van der Waals surface area contributed by atoms with Crippen LogP contribution in [0.4, 0.5) is 4.39 Å². The molecule has 0 heterocycles. The van der Waals surface area contributed by atoms with Crippen LogP contribution in [-0.2, 0) is 11.2 Å². The molecule has 1 aromatic carbocycles. The Morgan fingerprint density at radius 2 is 2.22 bits per heavy atom. The Balaban J connectivity index is 2.29. The topological polar surface area (TPSA) is 21.3 Å². The second-order valence-electron chi connectivity index (χ2n) is 4.58. The zero-order valence-electron chi connectivity index (χ0n) is 11.0. The van der Waals surface area contributed by atoms with E-state index >= 15 is 0 Å².